The summed E-state index contributed by atoms with van der Waals surface area (Å²) >= 11 is 0. The third kappa shape index (κ3) is 3.15. The highest BCUT2D eigenvalue weighted by Gasteiger charge is 2.24. The van der Waals surface area contributed by atoms with Crippen LogP contribution in [0.5, 0.6) is 0 Å². The number of hydrogen-bond acceptors (Lipinski definition) is 3. The van der Waals surface area contributed by atoms with Gasteiger partial charge in [-0.3, -0.25) is 0 Å². The fourth-order valence-corrected chi connectivity index (χ4v) is 3.62. The molecule has 0 saturated carbocycles. The van der Waals surface area contributed by atoms with E-state index in [1.807, 2.05) is 0 Å². The summed E-state index contributed by atoms with van der Waals surface area (Å²) < 4.78 is 0. The summed E-state index contributed by atoms with van der Waals surface area (Å²) in [4.78, 5) is 5.05. The van der Waals surface area contributed by atoms with Crippen molar-refractivity contribution in [2.24, 2.45) is 5.92 Å². The van der Waals surface area contributed by atoms with Crippen molar-refractivity contribution in [3.05, 3.63) is 29.8 Å². The van der Waals surface area contributed by atoms with Crippen LogP contribution in [0, 0.1) is 5.92 Å². The molecule has 2 aliphatic rings. The SMILES string of the molecule is CN(C)C1CCN(CC2CNc3ccccc3C2)CC1. The zero-order valence-corrected chi connectivity index (χ0v) is 12.8. The highest BCUT2D eigenvalue weighted by atomic mass is 15.2. The van der Waals surface area contributed by atoms with Gasteiger partial charge in [-0.1, -0.05) is 18.2 Å². The van der Waals surface area contributed by atoms with Crippen molar-refractivity contribution in [1.29, 1.82) is 0 Å². The number of para-hydroxylation sites is 1. The van der Waals surface area contributed by atoms with E-state index in [0.29, 0.717) is 0 Å². The normalized spacial score (nSPS) is 24.4. The maximum Gasteiger partial charge on any atom is 0.0372 e. The first-order chi connectivity index (χ1) is 9.72. The van der Waals surface area contributed by atoms with E-state index in [-0.39, 0.29) is 0 Å². The van der Waals surface area contributed by atoms with E-state index < -0.39 is 0 Å². The average Bonchev–Trinajstić information content (AvgIpc) is 2.48. The van der Waals surface area contributed by atoms with E-state index in [9.17, 15) is 0 Å². The second-order valence-electron chi connectivity index (χ2n) is 6.60. The summed E-state index contributed by atoms with van der Waals surface area (Å²) in [5.41, 5.74) is 2.84. The van der Waals surface area contributed by atoms with Crippen LogP contribution >= 0.6 is 0 Å². The van der Waals surface area contributed by atoms with E-state index in [0.717, 1.165) is 18.5 Å². The summed E-state index contributed by atoms with van der Waals surface area (Å²) in [6.45, 7) is 4.91. The van der Waals surface area contributed by atoms with Crippen molar-refractivity contribution in [2.45, 2.75) is 25.3 Å². The highest BCUT2D eigenvalue weighted by molar-refractivity contribution is 5.53. The predicted octanol–water partition coefficient (Wildman–Crippen LogP) is 2.30. The zero-order valence-electron chi connectivity index (χ0n) is 12.8. The van der Waals surface area contributed by atoms with Gasteiger partial charge >= 0.3 is 0 Å². The lowest BCUT2D eigenvalue weighted by Gasteiger charge is -2.38. The van der Waals surface area contributed by atoms with Gasteiger partial charge in [0.2, 0.25) is 0 Å². The predicted molar refractivity (Wildman–Crippen MR) is 85.3 cm³/mol. The van der Waals surface area contributed by atoms with Gasteiger partial charge in [0.15, 0.2) is 0 Å². The van der Waals surface area contributed by atoms with Crippen molar-refractivity contribution in [3.63, 3.8) is 0 Å². The van der Waals surface area contributed by atoms with Crippen molar-refractivity contribution in [1.82, 2.24) is 9.80 Å². The molecule has 0 spiro atoms. The van der Waals surface area contributed by atoms with Crippen LogP contribution in [0.25, 0.3) is 0 Å². The maximum atomic E-state index is 3.59. The number of hydrogen-bond donors (Lipinski definition) is 1. The van der Waals surface area contributed by atoms with Gasteiger partial charge in [0.05, 0.1) is 0 Å². The van der Waals surface area contributed by atoms with Gasteiger partial charge in [-0.25, -0.2) is 0 Å². The standard InChI is InChI=1S/C17H27N3/c1-19(2)16-7-9-20(10-8-16)13-14-11-15-5-3-4-6-17(15)18-12-14/h3-6,14,16,18H,7-13H2,1-2H3. The quantitative estimate of drug-likeness (QED) is 0.911. The number of nitrogens with zero attached hydrogens (tertiary/aromatic N) is 2. The zero-order chi connectivity index (χ0) is 13.9. The smallest absolute Gasteiger partial charge is 0.0372 e. The largest absolute Gasteiger partial charge is 0.384 e. The minimum atomic E-state index is 0.765. The number of anilines is 1. The molecule has 20 heavy (non-hydrogen) atoms. The molecule has 3 nitrogen and oxygen atoms in total. The first kappa shape index (κ1) is 13.9. The third-order valence-corrected chi connectivity index (χ3v) is 4.91. The molecule has 1 unspecified atom stereocenters. The summed E-state index contributed by atoms with van der Waals surface area (Å²) in [5, 5.41) is 3.59. The monoisotopic (exact) mass is 273 g/mol. The Morgan fingerprint density at radius 3 is 2.70 bits per heavy atom. The van der Waals surface area contributed by atoms with Crippen molar-refractivity contribution >= 4 is 5.69 Å². The Morgan fingerprint density at radius 1 is 1.20 bits per heavy atom. The summed E-state index contributed by atoms with van der Waals surface area (Å²) in [6, 6.07) is 9.54. The first-order valence-corrected chi connectivity index (χ1v) is 7.93. The molecule has 3 heteroatoms. The Hall–Kier alpha value is -1.06. The number of likely N-dealkylation sites (tertiary alicyclic amines) is 1. The molecule has 0 radical (unpaired) electrons. The van der Waals surface area contributed by atoms with Crippen LogP contribution in [0.3, 0.4) is 0 Å². The first-order valence-electron chi connectivity index (χ1n) is 7.93. The average molecular weight is 273 g/mol. The summed E-state index contributed by atoms with van der Waals surface area (Å²) in [7, 11) is 4.42. The lowest BCUT2D eigenvalue weighted by Crippen LogP contribution is -2.45. The fraction of sp³-hybridized carbons (Fsp3) is 0.647. The van der Waals surface area contributed by atoms with Crippen LogP contribution < -0.4 is 5.32 Å². The molecule has 0 bridgehead atoms. The summed E-state index contributed by atoms with van der Waals surface area (Å²) in [6.07, 6.45) is 3.88. The van der Waals surface area contributed by atoms with Gasteiger partial charge in [0.1, 0.15) is 0 Å². The van der Waals surface area contributed by atoms with Crippen molar-refractivity contribution in [2.75, 3.05) is 45.6 Å². The van der Waals surface area contributed by atoms with E-state index in [1.165, 1.54) is 50.1 Å². The Balaban J connectivity index is 1.51. The summed E-state index contributed by atoms with van der Waals surface area (Å²) in [5.74, 6) is 0.765. The molecular formula is C17H27N3. The highest BCUT2D eigenvalue weighted by Crippen LogP contribution is 2.25. The van der Waals surface area contributed by atoms with E-state index >= 15 is 0 Å². The number of nitrogens with one attached hydrogen (secondary N) is 1. The molecule has 0 amide bonds. The van der Waals surface area contributed by atoms with Gasteiger partial charge in [-0.15, -0.1) is 0 Å². The molecule has 1 aromatic rings. The maximum absolute atomic E-state index is 3.59. The minimum absolute atomic E-state index is 0.765. The van der Waals surface area contributed by atoms with Crippen LogP contribution in [-0.2, 0) is 6.42 Å². The fourth-order valence-electron chi connectivity index (χ4n) is 3.62. The number of rotatable bonds is 3. The molecule has 0 aromatic heterocycles. The lowest BCUT2D eigenvalue weighted by atomic mass is 9.92. The Bertz CT molecular complexity index is 436. The topological polar surface area (TPSA) is 18.5 Å². The number of fused-ring (bicyclic) bond motifs is 1. The Morgan fingerprint density at radius 2 is 1.95 bits per heavy atom. The van der Waals surface area contributed by atoms with Gasteiger partial charge < -0.3 is 15.1 Å². The third-order valence-electron chi connectivity index (χ3n) is 4.91. The molecule has 0 aliphatic carbocycles. The van der Waals surface area contributed by atoms with Crippen LogP contribution in [0.15, 0.2) is 24.3 Å². The van der Waals surface area contributed by atoms with Gasteiger partial charge in [-0.2, -0.15) is 0 Å². The lowest BCUT2D eigenvalue weighted by molar-refractivity contribution is 0.131. The Kier molecular flexibility index (Phi) is 4.27. The molecular weight excluding hydrogens is 246 g/mol. The van der Waals surface area contributed by atoms with Crippen LogP contribution in [0.2, 0.25) is 0 Å². The second kappa shape index (κ2) is 6.15. The molecule has 2 heterocycles. The molecule has 1 N–H and O–H groups in total. The Labute approximate surface area is 123 Å². The molecule has 1 atom stereocenters. The molecule has 1 aromatic carbocycles. The van der Waals surface area contributed by atoms with Crippen molar-refractivity contribution in [3.8, 4) is 0 Å². The van der Waals surface area contributed by atoms with Crippen LogP contribution in [-0.4, -0.2) is 56.1 Å². The van der Waals surface area contributed by atoms with Crippen LogP contribution in [0.1, 0.15) is 18.4 Å². The minimum Gasteiger partial charge on any atom is -0.384 e. The molecule has 1 saturated heterocycles. The second-order valence-corrected chi connectivity index (χ2v) is 6.60. The molecule has 2 aliphatic heterocycles. The van der Waals surface area contributed by atoms with Crippen LogP contribution in [0.4, 0.5) is 5.69 Å². The van der Waals surface area contributed by atoms with Crippen molar-refractivity contribution < 1.29 is 0 Å². The van der Waals surface area contributed by atoms with E-state index in [4.69, 9.17) is 0 Å². The number of piperidine rings is 1. The number of benzene rings is 1. The molecule has 110 valence electrons. The van der Waals surface area contributed by atoms with Gasteiger partial charge in [0, 0.05) is 24.8 Å². The van der Waals surface area contributed by atoms with E-state index in [1.54, 1.807) is 0 Å². The van der Waals surface area contributed by atoms with Gasteiger partial charge in [-0.05, 0) is 64.0 Å². The molecule has 3 rings (SSSR count). The van der Waals surface area contributed by atoms with E-state index in [2.05, 4.69) is 53.5 Å². The van der Waals surface area contributed by atoms with Gasteiger partial charge in [0.25, 0.3) is 0 Å². The molecule has 1 fully saturated rings.